The van der Waals surface area contributed by atoms with Crippen LogP contribution in [0.5, 0.6) is 0 Å². The van der Waals surface area contributed by atoms with Gasteiger partial charge in [-0.2, -0.15) is 4.80 Å². The van der Waals surface area contributed by atoms with Gasteiger partial charge in [0.2, 0.25) is 5.91 Å². The van der Waals surface area contributed by atoms with Gasteiger partial charge in [-0.1, -0.05) is 19.1 Å². The molecule has 2 aromatic rings. The van der Waals surface area contributed by atoms with Crippen molar-refractivity contribution in [1.29, 1.82) is 0 Å². The summed E-state index contributed by atoms with van der Waals surface area (Å²) in [7, 11) is 1.84. The topological polar surface area (TPSA) is 101 Å². The van der Waals surface area contributed by atoms with Crippen LogP contribution in [0.2, 0.25) is 0 Å². The first-order chi connectivity index (χ1) is 14.4. The maximum Gasteiger partial charge on any atom is 0.261 e. The van der Waals surface area contributed by atoms with E-state index in [0.29, 0.717) is 17.0 Å². The zero-order chi connectivity index (χ0) is 21.3. The molecule has 0 spiro atoms. The van der Waals surface area contributed by atoms with E-state index in [0.717, 1.165) is 31.6 Å². The van der Waals surface area contributed by atoms with Gasteiger partial charge < -0.3 is 4.90 Å². The number of imide groups is 1. The van der Waals surface area contributed by atoms with Crippen LogP contribution in [0.25, 0.3) is 0 Å². The zero-order valence-corrected chi connectivity index (χ0v) is 17.3. The van der Waals surface area contributed by atoms with Gasteiger partial charge >= 0.3 is 0 Å². The van der Waals surface area contributed by atoms with Gasteiger partial charge in [-0.3, -0.25) is 19.3 Å². The predicted octanol–water partition coefficient (Wildman–Crippen LogP) is 1.55. The lowest BCUT2D eigenvalue weighted by Gasteiger charge is -2.33. The fourth-order valence-corrected chi connectivity index (χ4v) is 4.16. The Labute approximate surface area is 175 Å². The fourth-order valence-electron chi connectivity index (χ4n) is 4.16. The Kier molecular flexibility index (Phi) is 5.61. The minimum absolute atomic E-state index is 0.0303. The van der Waals surface area contributed by atoms with Crippen LogP contribution < -0.4 is 0 Å². The number of carbonyl (C=O) groups is 3. The second kappa shape index (κ2) is 8.33. The highest BCUT2D eigenvalue weighted by atomic mass is 16.2. The molecule has 0 unspecified atom stereocenters. The van der Waals surface area contributed by atoms with E-state index in [1.54, 1.807) is 29.2 Å². The second-order valence-electron chi connectivity index (χ2n) is 8.21. The van der Waals surface area contributed by atoms with Crippen LogP contribution >= 0.6 is 0 Å². The lowest BCUT2D eigenvalue weighted by Crippen LogP contribution is -2.41. The average molecular weight is 410 g/mol. The van der Waals surface area contributed by atoms with Crippen molar-refractivity contribution in [3.8, 4) is 0 Å². The third-order valence-corrected chi connectivity index (χ3v) is 6.13. The lowest BCUT2D eigenvalue weighted by molar-refractivity contribution is -0.133. The summed E-state index contributed by atoms with van der Waals surface area (Å²) in [6.45, 7) is 2.45. The molecular weight excluding hydrogens is 384 g/mol. The highest BCUT2D eigenvalue weighted by molar-refractivity contribution is 6.21. The van der Waals surface area contributed by atoms with E-state index < -0.39 is 0 Å². The molecule has 1 fully saturated rings. The molecule has 2 aliphatic rings. The van der Waals surface area contributed by atoms with Gasteiger partial charge in [0.15, 0.2) is 5.82 Å². The third-order valence-electron chi connectivity index (χ3n) is 6.13. The highest BCUT2D eigenvalue weighted by Gasteiger charge is 2.35. The van der Waals surface area contributed by atoms with Gasteiger partial charge in [-0.25, -0.2) is 0 Å². The third kappa shape index (κ3) is 3.96. The Morgan fingerprint density at radius 2 is 1.73 bits per heavy atom. The minimum atomic E-state index is -0.304. The summed E-state index contributed by atoms with van der Waals surface area (Å²) < 4.78 is 0. The highest BCUT2D eigenvalue weighted by Crippen LogP contribution is 2.26. The van der Waals surface area contributed by atoms with Gasteiger partial charge in [-0.05, 0) is 48.9 Å². The van der Waals surface area contributed by atoms with Gasteiger partial charge in [0.05, 0.1) is 11.1 Å². The standard InChI is InChI=1S/C21H26N6O3/c1-14-7-9-15(10-8-14)25(2)19(28)13-27-23-18(22-24-27)11-12-26-20(29)16-5-3-4-6-17(16)21(26)30/h3-6,14-15H,7-13H2,1-2H3. The number of nitrogens with zero attached hydrogens (tertiary/aromatic N) is 6. The summed E-state index contributed by atoms with van der Waals surface area (Å²) in [6.07, 6.45) is 4.63. The first-order valence-electron chi connectivity index (χ1n) is 10.4. The molecule has 9 nitrogen and oxygen atoms in total. The van der Waals surface area contributed by atoms with Crippen molar-refractivity contribution in [3.05, 3.63) is 41.2 Å². The largest absolute Gasteiger partial charge is 0.341 e. The van der Waals surface area contributed by atoms with E-state index in [2.05, 4.69) is 22.3 Å². The number of carbonyl (C=O) groups excluding carboxylic acids is 3. The van der Waals surface area contributed by atoms with E-state index in [9.17, 15) is 14.4 Å². The van der Waals surface area contributed by atoms with E-state index in [-0.39, 0.29) is 43.3 Å². The number of hydrogen-bond acceptors (Lipinski definition) is 6. The van der Waals surface area contributed by atoms with Crippen molar-refractivity contribution in [2.75, 3.05) is 13.6 Å². The SMILES string of the molecule is CC1CCC(N(C)C(=O)Cn2nnc(CCN3C(=O)c4ccccc4C3=O)n2)CC1. The van der Waals surface area contributed by atoms with Crippen molar-refractivity contribution in [2.45, 2.75) is 51.6 Å². The summed E-state index contributed by atoms with van der Waals surface area (Å²) >= 11 is 0. The van der Waals surface area contributed by atoms with Crippen LogP contribution in [0.4, 0.5) is 0 Å². The molecule has 9 heteroatoms. The number of aromatic nitrogens is 4. The summed E-state index contributed by atoms with van der Waals surface area (Å²) in [5.74, 6) is 0.474. The van der Waals surface area contributed by atoms with Crippen molar-refractivity contribution in [2.24, 2.45) is 5.92 Å². The average Bonchev–Trinajstić information content (AvgIpc) is 3.29. The Morgan fingerprint density at radius 1 is 1.10 bits per heavy atom. The maximum atomic E-state index is 12.6. The molecular formula is C21H26N6O3. The van der Waals surface area contributed by atoms with Crippen LogP contribution in [-0.2, 0) is 17.8 Å². The van der Waals surface area contributed by atoms with E-state index in [4.69, 9.17) is 0 Å². The fraction of sp³-hybridized carbons (Fsp3) is 0.524. The van der Waals surface area contributed by atoms with Gasteiger partial charge in [0.25, 0.3) is 11.8 Å². The molecule has 3 amide bonds. The van der Waals surface area contributed by atoms with E-state index >= 15 is 0 Å². The number of amides is 3. The van der Waals surface area contributed by atoms with E-state index in [1.165, 1.54) is 9.70 Å². The molecule has 1 aromatic heterocycles. The number of likely N-dealkylation sites (N-methyl/N-ethyl adjacent to an activating group) is 1. The Hall–Kier alpha value is -3.10. The van der Waals surface area contributed by atoms with Crippen LogP contribution in [0, 0.1) is 5.92 Å². The molecule has 0 saturated heterocycles. The second-order valence-corrected chi connectivity index (χ2v) is 8.21. The summed E-state index contributed by atoms with van der Waals surface area (Å²) in [6, 6.07) is 7.05. The van der Waals surface area contributed by atoms with Crippen LogP contribution in [0.1, 0.15) is 59.1 Å². The maximum absolute atomic E-state index is 12.6. The van der Waals surface area contributed by atoms with Gasteiger partial charge in [0.1, 0.15) is 6.54 Å². The van der Waals surface area contributed by atoms with Gasteiger partial charge in [-0.15, -0.1) is 10.2 Å². The number of rotatable bonds is 6. The summed E-state index contributed by atoms with van der Waals surface area (Å²) in [4.78, 5) is 41.7. The van der Waals surface area contributed by atoms with Crippen LogP contribution in [0.3, 0.4) is 0 Å². The van der Waals surface area contributed by atoms with E-state index in [1.807, 2.05) is 7.05 Å². The van der Waals surface area contributed by atoms with Crippen molar-refractivity contribution < 1.29 is 14.4 Å². The van der Waals surface area contributed by atoms with Crippen molar-refractivity contribution in [1.82, 2.24) is 30.0 Å². The molecule has 1 aromatic carbocycles. The minimum Gasteiger partial charge on any atom is -0.341 e. The van der Waals surface area contributed by atoms with Crippen molar-refractivity contribution in [3.63, 3.8) is 0 Å². The molecule has 1 aliphatic heterocycles. The zero-order valence-electron chi connectivity index (χ0n) is 17.3. The number of hydrogen-bond donors (Lipinski definition) is 0. The molecule has 158 valence electrons. The molecule has 0 bridgehead atoms. The molecule has 4 rings (SSSR count). The Morgan fingerprint density at radius 3 is 2.37 bits per heavy atom. The molecule has 1 saturated carbocycles. The lowest BCUT2D eigenvalue weighted by atomic mass is 9.87. The predicted molar refractivity (Wildman–Crippen MR) is 108 cm³/mol. The van der Waals surface area contributed by atoms with Crippen LogP contribution in [0.15, 0.2) is 24.3 Å². The molecule has 0 radical (unpaired) electrons. The number of tetrazole rings is 1. The molecule has 2 heterocycles. The number of benzene rings is 1. The molecule has 1 aliphatic carbocycles. The van der Waals surface area contributed by atoms with Crippen molar-refractivity contribution >= 4 is 17.7 Å². The molecule has 30 heavy (non-hydrogen) atoms. The molecule has 0 N–H and O–H groups in total. The molecule has 0 atom stereocenters. The smallest absolute Gasteiger partial charge is 0.261 e. The summed E-state index contributed by atoms with van der Waals surface area (Å²) in [5.41, 5.74) is 0.842. The number of fused-ring (bicyclic) bond motifs is 1. The first kappa shape index (κ1) is 20.2. The van der Waals surface area contributed by atoms with Crippen LogP contribution in [-0.4, -0.2) is 67.4 Å². The quantitative estimate of drug-likeness (QED) is 0.670. The normalized spacial score (nSPS) is 21.1. The first-order valence-corrected chi connectivity index (χ1v) is 10.4. The van der Waals surface area contributed by atoms with Gasteiger partial charge in [0, 0.05) is 26.1 Å². The Bertz CT molecular complexity index is 928. The Balaban J connectivity index is 1.31. The summed E-state index contributed by atoms with van der Waals surface area (Å²) in [5, 5.41) is 12.2. The monoisotopic (exact) mass is 410 g/mol.